The first kappa shape index (κ1) is 33.4. The zero-order valence-corrected chi connectivity index (χ0v) is 27.4. The second-order valence-electron chi connectivity index (χ2n) is 12.9. The van der Waals surface area contributed by atoms with Crippen molar-refractivity contribution < 1.29 is 18.7 Å². The zero-order chi connectivity index (χ0) is 32.8. The van der Waals surface area contributed by atoms with Gasteiger partial charge in [0.25, 0.3) is 5.91 Å². The van der Waals surface area contributed by atoms with Gasteiger partial charge in [0.05, 0.1) is 12.2 Å². The highest BCUT2D eigenvalue weighted by molar-refractivity contribution is 6.40. The van der Waals surface area contributed by atoms with E-state index in [9.17, 15) is 14.0 Å². The maximum Gasteiger partial charge on any atom is 0.322 e. The van der Waals surface area contributed by atoms with Gasteiger partial charge in [-0.3, -0.25) is 14.9 Å². The van der Waals surface area contributed by atoms with Crippen LogP contribution >= 0.6 is 0 Å². The molecule has 2 fully saturated rings. The lowest BCUT2D eigenvalue weighted by molar-refractivity contribution is -0.136. The van der Waals surface area contributed by atoms with Crippen LogP contribution in [0.4, 0.5) is 10.3 Å². The number of carbonyl (C=O) groups excluding carboxylic acids is 2. The number of rotatable bonds is 12. The van der Waals surface area contributed by atoms with Crippen molar-refractivity contribution in [2.45, 2.75) is 69.9 Å². The third-order valence-corrected chi connectivity index (χ3v) is 8.57. The zero-order valence-electron chi connectivity index (χ0n) is 27.4. The van der Waals surface area contributed by atoms with Crippen LogP contribution in [0.15, 0.2) is 42.6 Å². The molecule has 2 aliphatic rings. The van der Waals surface area contributed by atoms with Crippen molar-refractivity contribution in [1.82, 2.24) is 40.0 Å². The van der Waals surface area contributed by atoms with Crippen LogP contribution in [-0.2, 0) is 16.1 Å². The number of anilines is 1. The number of benzene rings is 1. The molecule has 248 valence electrons. The molecule has 3 aromatic rings. The molecule has 5 rings (SSSR count). The summed E-state index contributed by atoms with van der Waals surface area (Å²) in [5.74, 6) is -0.727. The number of ketones is 1. The fourth-order valence-corrected chi connectivity index (χ4v) is 5.77. The molecular weight excluding hydrogens is 589 g/mol. The number of carbonyl (C=O) groups is 2. The molecule has 0 spiro atoms. The molecule has 0 radical (unpaired) electrons. The molecule has 46 heavy (non-hydrogen) atoms. The van der Waals surface area contributed by atoms with Crippen molar-refractivity contribution in [1.29, 1.82) is 0 Å². The molecule has 3 atom stereocenters. The van der Waals surface area contributed by atoms with Crippen molar-refractivity contribution >= 4 is 23.3 Å². The van der Waals surface area contributed by atoms with E-state index in [1.165, 1.54) is 6.08 Å². The Kier molecular flexibility index (Phi) is 11.0. The Balaban J connectivity index is 1.22. The Hall–Kier alpha value is -3.94. The van der Waals surface area contributed by atoms with Crippen molar-refractivity contribution in [3.63, 3.8) is 0 Å². The fourth-order valence-electron chi connectivity index (χ4n) is 5.77. The number of alkyl halides is 1. The van der Waals surface area contributed by atoms with E-state index in [0.717, 1.165) is 48.3 Å². The summed E-state index contributed by atoms with van der Waals surface area (Å²) in [5.41, 5.74) is 3.80. The lowest BCUT2D eigenvalue weighted by Crippen LogP contribution is -2.54. The standard InChI is InChI=1S/C33H46FN9O3/c1-21(2)26-20-37-43-30(26)39-33(46-25-12-15-42(5)16-13-25)40-32(43)36-18-22-8-10-23(11-9-22)24-17-27(29(34)35-19-24)38-31(45)28(44)7-6-14-41(3)4/h6-11,20-21,24-25,27,29,35H,12-19H2,1-5H3,(H,38,45)(H,36,39,40)/b7-6+. The summed E-state index contributed by atoms with van der Waals surface area (Å²) in [7, 11) is 5.84. The molecule has 1 aromatic carbocycles. The first-order valence-electron chi connectivity index (χ1n) is 16.0. The van der Waals surface area contributed by atoms with Gasteiger partial charge in [-0.15, -0.1) is 0 Å². The number of ether oxygens (including phenoxy) is 1. The number of nitrogens with one attached hydrogen (secondary N) is 3. The van der Waals surface area contributed by atoms with Gasteiger partial charge in [-0.05, 0) is 69.4 Å². The SMILES string of the molecule is CC(C)c1cnn2c(NCc3ccc(C4CNC(F)C(NC(=O)C(=O)/C=C/CN(C)C)C4)cc3)nc(OC3CCN(C)CC3)nc12. The predicted molar refractivity (Wildman–Crippen MR) is 175 cm³/mol. The Labute approximate surface area is 269 Å². The first-order chi connectivity index (χ1) is 22.1. The van der Waals surface area contributed by atoms with Gasteiger partial charge in [-0.25, -0.2) is 4.39 Å². The molecule has 2 saturated heterocycles. The van der Waals surface area contributed by atoms with Crippen molar-refractivity contribution in [2.24, 2.45) is 0 Å². The number of piperidine rings is 2. The third-order valence-electron chi connectivity index (χ3n) is 8.57. The Morgan fingerprint density at radius 3 is 2.61 bits per heavy atom. The summed E-state index contributed by atoms with van der Waals surface area (Å²) in [4.78, 5) is 38.2. The van der Waals surface area contributed by atoms with E-state index in [1.807, 2.05) is 49.5 Å². The van der Waals surface area contributed by atoms with E-state index in [-0.39, 0.29) is 17.9 Å². The molecule has 0 bridgehead atoms. The van der Waals surface area contributed by atoms with Gasteiger partial charge in [0.15, 0.2) is 11.9 Å². The number of likely N-dealkylation sites (tertiary alicyclic amines) is 1. The molecule has 4 heterocycles. The van der Waals surface area contributed by atoms with Gasteiger partial charge in [0, 0.05) is 38.3 Å². The summed E-state index contributed by atoms with van der Waals surface area (Å²) in [6.45, 7) is 7.64. The van der Waals surface area contributed by atoms with Crippen molar-refractivity contribution in [3.8, 4) is 6.01 Å². The maximum atomic E-state index is 14.7. The lowest BCUT2D eigenvalue weighted by Gasteiger charge is -2.33. The predicted octanol–water partition coefficient (Wildman–Crippen LogP) is 2.88. The van der Waals surface area contributed by atoms with Crippen molar-refractivity contribution in [2.75, 3.05) is 52.6 Å². The van der Waals surface area contributed by atoms with Crippen LogP contribution in [0, 0.1) is 0 Å². The molecule has 2 aromatic heterocycles. The van der Waals surface area contributed by atoms with E-state index in [1.54, 1.807) is 10.6 Å². The summed E-state index contributed by atoms with van der Waals surface area (Å²) in [6.07, 6.45) is 5.56. The highest BCUT2D eigenvalue weighted by atomic mass is 19.1. The minimum atomic E-state index is -1.43. The summed E-state index contributed by atoms with van der Waals surface area (Å²) >= 11 is 0. The third kappa shape index (κ3) is 8.45. The number of halogens is 1. The summed E-state index contributed by atoms with van der Waals surface area (Å²) in [6, 6.07) is 7.62. The fraction of sp³-hybridized carbons (Fsp3) is 0.545. The average molecular weight is 636 g/mol. The Morgan fingerprint density at radius 1 is 1.17 bits per heavy atom. The molecule has 12 nitrogen and oxygen atoms in total. The second kappa shape index (κ2) is 15.1. The molecule has 3 N–H and O–H groups in total. The van der Waals surface area contributed by atoms with Gasteiger partial charge in [0.2, 0.25) is 11.7 Å². The van der Waals surface area contributed by atoms with E-state index >= 15 is 0 Å². The van der Waals surface area contributed by atoms with Crippen LogP contribution < -0.4 is 20.7 Å². The van der Waals surface area contributed by atoms with Gasteiger partial charge >= 0.3 is 6.01 Å². The number of aromatic nitrogens is 4. The highest BCUT2D eigenvalue weighted by Gasteiger charge is 2.33. The Morgan fingerprint density at radius 2 is 1.91 bits per heavy atom. The quantitative estimate of drug-likeness (QED) is 0.155. The Bertz CT molecular complexity index is 1520. The smallest absolute Gasteiger partial charge is 0.322 e. The number of nitrogens with zero attached hydrogens (tertiary/aromatic N) is 6. The van der Waals surface area contributed by atoms with E-state index in [4.69, 9.17) is 14.7 Å². The minimum absolute atomic E-state index is 0.0296. The van der Waals surface area contributed by atoms with Crippen LogP contribution in [0.25, 0.3) is 5.65 Å². The van der Waals surface area contributed by atoms with Crippen LogP contribution in [0.5, 0.6) is 6.01 Å². The largest absolute Gasteiger partial charge is 0.460 e. The van der Waals surface area contributed by atoms with Gasteiger partial charge < -0.3 is 25.2 Å². The van der Waals surface area contributed by atoms with Gasteiger partial charge in [0.1, 0.15) is 6.10 Å². The summed E-state index contributed by atoms with van der Waals surface area (Å²) in [5, 5.41) is 13.4. The second-order valence-corrected chi connectivity index (χ2v) is 12.9. The van der Waals surface area contributed by atoms with Crippen LogP contribution in [0.3, 0.4) is 0 Å². The van der Waals surface area contributed by atoms with Crippen molar-refractivity contribution in [3.05, 3.63) is 59.3 Å². The van der Waals surface area contributed by atoms with Crippen LogP contribution in [0.1, 0.15) is 61.6 Å². The number of amides is 1. The number of likely N-dealkylation sites (N-methyl/N-ethyl adjacent to an activating group) is 1. The average Bonchev–Trinajstić information content (AvgIpc) is 3.47. The van der Waals surface area contributed by atoms with E-state index in [2.05, 4.69) is 46.8 Å². The number of hydrogen-bond acceptors (Lipinski definition) is 10. The molecule has 13 heteroatoms. The van der Waals surface area contributed by atoms with Gasteiger partial charge in [-0.1, -0.05) is 44.2 Å². The lowest BCUT2D eigenvalue weighted by atomic mass is 9.88. The number of hydrogen-bond donors (Lipinski definition) is 3. The summed E-state index contributed by atoms with van der Waals surface area (Å²) < 4.78 is 22.7. The normalized spacial score (nSPS) is 21.3. The number of fused-ring (bicyclic) bond motifs is 1. The molecule has 0 saturated carbocycles. The first-order valence-corrected chi connectivity index (χ1v) is 16.0. The molecule has 0 aliphatic carbocycles. The van der Waals surface area contributed by atoms with E-state index < -0.39 is 24.0 Å². The molecule has 1 amide bonds. The molecular formula is C33H46FN9O3. The van der Waals surface area contributed by atoms with E-state index in [0.29, 0.717) is 38.0 Å². The molecule has 2 aliphatic heterocycles. The minimum Gasteiger partial charge on any atom is -0.460 e. The highest BCUT2D eigenvalue weighted by Crippen LogP contribution is 2.28. The monoisotopic (exact) mass is 635 g/mol. The van der Waals surface area contributed by atoms with Gasteiger partial charge in [-0.2, -0.15) is 19.6 Å². The topological polar surface area (TPSA) is 129 Å². The van der Waals surface area contributed by atoms with Crippen LogP contribution in [0.2, 0.25) is 0 Å². The molecule has 3 unspecified atom stereocenters. The van der Waals surface area contributed by atoms with Crippen LogP contribution in [-0.4, -0.2) is 107 Å². The maximum absolute atomic E-state index is 14.7.